The Morgan fingerprint density at radius 1 is 1.38 bits per heavy atom. The number of hydrogen-bond acceptors (Lipinski definition) is 3. The third kappa shape index (κ3) is 4.79. The number of ether oxygens (including phenoxy) is 2. The van der Waals surface area contributed by atoms with Crippen LogP contribution in [0.25, 0.3) is 0 Å². The molecule has 0 spiro atoms. The second-order valence-electron chi connectivity index (χ2n) is 4.46. The van der Waals surface area contributed by atoms with Gasteiger partial charge < -0.3 is 9.47 Å². The molecule has 0 N–H and O–H groups in total. The summed E-state index contributed by atoms with van der Waals surface area (Å²) in [5.74, 6) is 1.02. The Balaban J connectivity index is 2.13. The molecule has 0 saturated heterocycles. The Morgan fingerprint density at radius 3 is 2.81 bits per heavy atom. The number of esters is 1. The van der Waals surface area contributed by atoms with Crippen LogP contribution < -0.4 is 0 Å². The summed E-state index contributed by atoms with van der Waals surface area (Å²) in [5, 5.41) is 0. The van der Waals surface area contributed by atoms with E-state index in [1.54, 1.807) is 7.11 Å². The summed E-state index contributed by atoms with van der Waals surface area (Å²) in [6.07, 6.45) is 7.74. The van der Waals surface area contributed by atoms with Gasteiger partial charge in [-0.1, -0.05) is 19.1 Å². The summed E-state index contributed by atoms with van der Waals surface area (Å²) < 4.78 is 10.2. The number of rotatable bonds is 6. The fraction of sp³-hybridized carbons (Fsp3) is 0.769. The van der Waals surface area contributed by atoms with Crippen molar-refractivity contribution in [1.82, 2.24) is 0 Å². The van der Waals surface area contributed by atoms with Gasteiger partial charge in [-0.3, -0.25) is 4.79 Å². The Hall–Kier alpha value is -0.830. The topological polar surface area (TPSA) is 35.5 Å². The fourth-order valence-electron chi connectivity index (χ4n) is 1.87. The summed E-state index contributed by atoms with van der Waals surface area (Å²) in [6, 6.07) is 0. The molecule has 1 aliphatic carbocycles. The van der Waals surface area contributed by atoms with Crippen LogP contribution in [0.5, 0.6) is 0 Å². The highest BCUT2D eigenvalue weighted by molar-refractivity contribution is 5.69. The monoisotopic (exact) mass is 226 g/mol. The number of methoxy groups -OCH3 is 1. The van der Waals surface area contributed by atoms with Gasteiger partial charge in [0.1, 0.15) is 0 Å². The maximum atomic E-state index is 11.4. The van der Waals surface area contributed by atoms with E-state index in [1.807, 2.05) is 0 Å². The molecular weight excluding hydrogens is 204 g/mol. The minimum Gasteiger partial charge on any atom is -0.465 e. The summed E-state index contributed by atoms with van der Waals surface area (Å²) in [4.78, 5) is 11.4. The zero-order valence-corrected chi connectivity index (χ0v) is 10.3. The van der Waals surface area contributed by atoms with Gasteiger partial charge in [-0.15, -0.1) is 0 Å². The van der Waals surface area contributed by atoms with E-state index in [9.17, 15) is 4.79 Å². The molecule has 0 saturated carbocycles. The minimum atomic E-state index is -0.0983. The van der Waals surface area contributed by atoms with Gasteiger partial charge in [-0.25, -0.2) is 0 Å². The predicted octanol–water partition coefficient (Wildman–Crippen LogP) is 2.56. The van der Waals surface area contributed by atoms with Crippen molar-refractivity contribution in [3.8, 4) is 0 Å². The van der Waals surface area contributed by atoms with Crippen molar-refractivity contribution in [3.63, 3.8) is 0 Å². The molecule has 2 unspecified atom stereocenters. The quantitative estimate of drug-likeness (QED) is 0.396. The van der Waals surface area contributed by atoms with Crippen LogP contribution in [0.4, 0.5) is 0 Å². The molecule has 0 aromatic heterocycles. The summed E-state index contributed by atoms with van der Waals surface area (Å²) in [7, 11) is 1.64. The molecule has 92 valence electrons. The van der Waals surface area contributed by atoms with E-state index >= 15 is 0 Å². The van der Waals surface area contributed by atoms with Crippen LogP contribution in [0.15, 0.2) is 12.2 Å². The molecule has 3 nitrogen and oxygen atoms in total. The number of hydrogen-bond donors (Lipinski definition) is 0. The van der Waals surface area contributed by atoms with Crippen LogP contribution in [0.1, 0.15) is 32.6 Å². The first-order valence-electron chi connectivity index (χ1n) is 6.03. The second-order valence-corrected chi connectivity index (χ2v) is 4.46. The first-order chi connectivity index (χ1) is 7.74. The summed E-state index contributed by atoms with van der Waals surface area (Å²) in [6.45, 7) is 3.40. The van der Waals surface area contributed by atoms with Crippen molar-refractivity contribution in [3.05, 3.63) is 12.2 Å². The second kappa shape index (κ2) is 7.44. The average Bonchev–Trinajstić information content (AvgIpc) is 2.28. The summed E-state index contributed by atoms with van der Waals surface area (Å²) in [5.41, 5.74) is 0. The lowest BCUT2D eigenvalue weighted by Gasteiger charge is -2.24. The van der Waals surface area contributed by atoms with E-state index in [0.29, 0.717) is 31.5 Å². The highest BCUT2D eigenvalue weighted by Crippen LogP contribution is 2.25. The molecule has 0 aromatic rings. The highest BCUT2D eigenvalue weighted by Gasteiger charge is 2.19. The van der Waals surface area contributed by atoms with Crippen LogP contribution in [0.3, 0.4) is 0 Å². The Morgan fingerprint density at radius 2 is 2.12 bits per heavy atom. The van der Waals surface area contributed by atoms with Crippen molar-refractivity contribution in [2.45, 2.75) is 32.6 Å². The van der Waals surface area contributed by atoms with Gasteiger partial charge >= 0.3 is 5.97 Å². The van der Waals surface area contributed by atoms with Crippen LogP contribution >= 0.6 is 0 Å². The number of carbonyl (C=O) groups excluding carboxylic acids is 1. The largest absolute Gasteiger partial charge is 0.465 e. The van der Waals surface area contributed by atoms with E-state index in [2.05, 4.69) is 19.1 Å². The third-order valence-corrected chi connectivity index (χ3v) is 3.11. The number of allylic oxidation sites excluding steroid dienone is 2. The predicted molar refractivity (Wildman–Crippen MR) is 63.1 cm³/mol. The average molecular weight is 226 g/mol. The van der Waals surface area contributed by atoms with E-state index in [-0.39, 0.29) is 5.97 Å². The molecule has 0 fully saturated rings. The van der Waals surface area contributed by atoms with Gasteiger partial charge in [0.05, 0.1) is 6.61 Å². The summed E-state index contributed by atoms with van der Waals surface area (Å²) >= 11 is 0. The van der Waals surface area contributed by atoms with Gasteiger partial charge in [0.2, 0.25) is 0 Å². The van der Waals surface area contributed by atoms with Gasteiger partial charge in [0.25, 0.3) is 0 Å². The van der Waals surface area contributed by atoms with Crippen molar-refractivity contribution in [1.29, 1.82) is 0 Å². The Labute approximate surface area is 97.8 Å². The van der Waals surface area contributed by atoms with Gasteiger partial charge in [0.15, 0.2) is 0 Å². The standard InChI is InChI=1S/C13H22O3/c1-11-6-3-4-7-12(11)10-16-13(14)8-5-9-15-2/h3-4,11-12H,5-10H2,1-2H3. The lowest BCUT2D eigenvalue weighted by atomic mass is 9.85. The van der Waals surface area contributed by atoms with Crippen molar-refractivity contribution in [2.75, 3.05) is 20.3 Å². The number of carbonyl (C=O) groups is 1. The molecular formula is C13H22O3. The molecule has 1 rings (SSSR count). The van der Waals surface area contributed by atoms with Crippen LogP contribution in [-0.4, -0.2) is 26.3 Å². The zero-order valence-electron chi connectivity index (χ0n) is 10.3. The maximum absolute atomic E-state index is 11.4. The van der Waals surface area contributed by atoms with Crippen LogP contribution in [-0.2, 0) is 14.3 Å². The molecule has 2 atom stereocenters. The smallest absolute Gasteiger partial charge is 0.305 e. The van der Waals surface area contributed by atoms with Gasteiger partial charge in [-0.2, -0.15) is 0 Å². The Bertz CT molecular complexity index is 235. The molecule has 3 heteroatoms. The van der Waals surface area contributed by atoms with Crippen molar-refractivity contribution >= 4 is 5.97 Å². The van der Waals surface area contributed by atoms with Crippen LogP contribution in [0, 0.1) is 11.8 Å². The molecule has 1 aliphatic rings. The fourth-order valence-corrected chi connectivity index (χ4v) is 1.87. The Kier molecular flexibility index (Phi) is 6.16. The lowest BCUT2D eigenvalue weighted by molar-refractivity contribution is -0.145. The molecule has 0 amide bonds. The van der Waals surface area contributed by atoms with E-state index in [4.69, 9.17) is 9.47 Å². The molecule has 0 aliphatic heterocycles. The third-order valence-electron chi connectivity index (χ3n) is 3.11. The van der Waals surface area contributed by atoms with Crippen molar-refractivity contribution in [2.24, 2.45) is 11.8 Å². The van der Waals surface area contributed by atoms with E-state index in [0.717, 1.165) is 19.3 Å². The highest BCUT2D eigenvalue weighted by atomic mass is 16.5. The van der Waals surface area contributed by atoms with Gasteiger partial charge in [0, 0.05) is 20.1 Å². The minimum absolute atomic E-state index is 0.0983. The van der Waals surface area contributed by atoms with Crippen LogP contribution in [0.2, 0.25) is 0 Å². The molecule has 0 bridgehead atoms. The molecule has 0 heterocycles. The first-order valence-corrected chi connectivity index (χ1v) is 6.03. The first kappa shape index (κ1) is 13.2. The zero-order chi connectivity index (χ0) is 11.8. The molecule has 16 heavy (non-hydrogen) atoms. The van der Waals surface area contributed by atoms with Gasteiger partial charge in [-0.05, 0) is 31.1 Å². The SMILES string of the molecule is COCCCC(=O)OCC1CC=CCC1C. The van der Waals surface area contributed by atoms with Crippen molar-refractivity contribution < 1.29 is 14.3 Å². The molecule has 0 aromatic carbocycles. The lowest BCUT2D eigenvalue weighted by Crippen LogP contribution is -2.21. The maximum Gasteiger partial charge on any atom is 0.305 e. The normalized spacial score (nSPS) is 24.4. The van der Waals surface area contributed by atoms with E-state index in [1.165, 1.54) is 0 Å². The molecule has 0 radical (unpaired) electrons. The van der Waals surface area contributed by atoms with E-state index < -0.39 is 0 Å².